The van der Waals surface area contributed by atoms with Gasteiger partial charge in [0.25, 0.3) is 0 Å². The predicted octanol–water partition coefficient (Wildman–Crippen LogP) is 1.87. The van der Waals surface area contributed by atoms with Crippen molar-refractivity contribution in [3.63, 3.8) is 0 Å². The highest BCUT2D eigenvalue weighted by Crippen LogP contribution is 2.24. The monoisotopic (exact) mass is 208 g/mol. The second-order valence-electron chi connectivity index (χ2n) is 3.96. The van der Waals surface area contributed by atoms with E-state index in [-0.39, 0.29) is 5.92 Å². The van der Waals surface area contributed by atoms with Gasteiger partial charge in [0.05, 0.1) is 6.10 Å². The molecule has 2 atom stereocenters. The summed E-state index contributed by atoms with van der Waals surface area (Å²) >= 11 is 0. The first kappa shape index (κ1) is 11.7. The quantitative estimate of drug-likeness (QED) is 0.794. The zero-order valence-electron chi connectivity index (χ0n) is 8.92. The van der Waals surface area contributed by atoms with Crippen LogP contribution in [0, 0.1) is 5.92 Å². The average Bonchev–Trinajstić information content (AvgIpc) is 2.18. The molecule has 1 aromatic rings. The third kappa shape index (κ3) is 2.80. The molecule has 3 nitrogen and oxygen atoms in total. The standard InChI is InChI=1S/C12H16O3/c1-8(2)11(13)10(12(14)15)9-6-4-3-5-7-9/h3-8,10-11,13H,1-2H3,(H,14,15). The van der Waals surface area contributed by atoms with Crippen LogP contribution in [-0.4, -0.2) is 22.3 Å². The van der Waals surface area contributed by atoms with Crippen LogP contribution >= 0.6 is 0 Å². The van der Waals surface area contributed by atoms with Gasteiger partial charge in [-0.3, -0.25) is 4.79 Å². The van der Waals surface area contributed by atoms with Gasteiger partial charge in [-0.05, 0) is 11.5 Å². The van der Waals surface area contributed by atoms with Gasteiger partial charge in [0, 0.05) is 0 Å². The van der Waals surface area contributed by atoms with Crippen molar-refractivity contribution in [2.75, 3.05) is 0 Å². The van der Waals surface area contributed by atoms with Crippen LogP contribution < -0.4 is 0 Å². The second-order valence-corrected chi connectivity index (χ2v) is 3.96. The van der Waals surface area contributed by atoms with Gasteiger partial charge in [0.2, 0.25) is 0 Å². The molecule has 0 saturated heterocycles. The predicted molar refractivity (Wildman–Crippen MR) is 57.7 cm³/mol. The topological polar surface area (TPSA) is 57.5 Å². The van der Waals surface area contributed by atoms with Gasteiger partial charge >= 0.3 is 5.97 Å². The Kier molecular flexibility index (Phi) is 3.86. The number of hydrogen-bond acceptors (Lipinski definition) is 2. The van der Waals surface area contributed by atoms with Gasteiger partial charge in [-0.25, -0.2) is 0 Å². The van der Waals surface area contributed by atoms with Gasteiger partial charge in [-0.2, -0.15) is 0 Å². The Morgan fingerprint density at radius 3 is 2.13 bits per heavy atom. The molecule has 0 fully saturated rings. The van der Waals surface area contributed by atoms with Crippen LogP contribution in [0.15, 0.2) is 30.3 Å². The fraction of sp³-hybridized carbons (Fsp3) is 0.417. The number of benzene rings is 1. The molecule has 2 unspecified atom stereocenters. The van der Waals surface area contributed by atoms with Gasteiger partial charge in [-0.15, -0.1) is 0 Å². The molecule has 0 aliphatic carbocycles. The Bertz CT molecular complexity index is 319. The first-order chi connectivity index (χ1) is 7.04. The lowest BCUT2D eigenvalue weighted by Gasteiger charge is -2.22. The van der Waals surface area contributed by atoms with Crippen LogP contribution in [-0.2, 0) is 4.79 Å². The minimum atomic E-state index is -0.984. The number of carboxylic acids is 1. The normalized spacial score (nSPS) is 14.9. The van der Waals surface area contributed by atoms with E-state index < -0.39 is 18.0 Å². The van der Waals surface area contributed by atoms with Gasteiger partial charge in [0.15, 0.2) is 0 Å². The summed E-state index contributed by atoms with van der Waals surface area (Å²) in [4.78, 5) is 11.1. The number of carbonyl (C=O) groups is 1. The summed E-state index contributed by atoms with van der Waals surface area (Å²) in [7, 11) is 0. The van der Waals surface area contributed by atoms with Gasteiger partial charge in [0.1, 0.15) is 5.92 Å². The largest absolute Gasteiger partial charge is 0.481 e. The molecular formula is C12H16O3. The zero-order valence-corrected chi connectivity index (χ0v) is 8.92. The first-order valence-electron chi connectivity index (χ1n) is 5.00. The maximum absolute atomic E-state index is 11.1. The first-order valence-corrected chi connectivity index (χ1v) is 5.00. The molecule has 0 spiro atoms. The summed E-state index contributed by atoms with van der Waals surface area (Å²) < 4.78 is 0. The molecule has 0 aliphatic heterocycles. The minimum Gasteiger partial charge on any atom is -0.481 e. The molecule has 3 heteroatoms. The highest BCUT2D eigenvalue weighted by molar-refractivity contribution is 5.76. The molecule has 15 heavy (non-hydrogen) atoms. The Morgan fingerprint density at radius 2 is 1.73 bits per heavy atom. The van der Waals surface area contributed by atoms with E-state index in [1.54, 1.807) is 24.3 Å². The van der Waals surface area contributed by atoms with E-state index in [0.29, 0.717) is 5.56 Å². The van der Waals surface area contributed by atoms with Crippen molar-refractivity contribution in [1.29, 1.82) is 0 Å². The minimum absolute atomic E-state index is 0.0775. The van der Waals surface area contributed by atoms with Crippen LogP contribution in [0.4, 0.5) is 0 Å². The van der Waals surface area contributed by atoms with E-state index in [2.05, 4.69) is 0 Å². The summed E-state index contributed by atoms with van der Waals surface area (Å²) in [5.74, 6) is -1.90. The molecule has 0 bridgehead atoms. The third-order valence-electron chi connectivity index (χ3n) is 2.45. The molecule has 2 N–H and O–H groups in total. The lowest BCUT2D eigenvalue weighted by Crippen LogP contribution is -2.30. The van der Waals surface area contributed by atoms with Crippen molar-refractivity contribution < 1.29 is 15.0 Å². The Morgan fingerprint density at radius 1 is 1.20 bits per heavy atom. The summed E-state index contributed by atoms with van der Waals surface area (Å²) in [5.41, 5.74) is 0.645. The SMILES string of the molecule is CC(C)C(O)C(C(=O)O)c1ccccc1. The van der Waals surface area contributed by atoms with E-state index in [1.165, 1.54) is 0 Å². The van der Waals surface area contributed by atoms with E-state index in [9.17, 15) is 9.90 Å². The summed E-state index contributed by atoms with van der Waals surface area (Å²) in [6.07, 6.45) is -0.857. The molecular weight excluding hydrogens is 192 g/mol. The molecule has 0 radical (unpaired) electrons. The number of aliphatic hydroxyl groups excluding tert-OH is 1. The van der Waals surface area contributed by atoms with Crippen molar-refractivity contribution in [2.24, 2.45) is 5.92 Å². The lowest BCUT2D eigenvalue weighted by atomic mass is 9.87. The number of hydrogen-bond donors (Lipinski definition) is 2. The Balaban J connectivity index is 2.99. The number of carboxylic acid groups (broad SMARTS) is 1. The fourth-order valence-electron chi connectivity index (χ4n) is 1.53. The highest BCUT2D eigenvalue weighted by atomic mass is 16.4. The van der Waals surface area contributed by atoms with E-state index in [4.69, 9.17) is 5.11 Å². The molecule has 0 saturated carbocycles. The van der Waals surface area contributed by atoms with Crippen molar-refractivity contribution in [2.45, 2.75) is 25.9 Å². The van der Waals surface area contributed by atoms with Crippen LogP contribution in [0.1, 0.15) is 25.3 Å². The molecule has 0 heterocycles. The second kappa shape index (κ2) is 4.94. The van der Waals surface area contributed by atoms with Crippen molar-refractivity contribution in [1.82, 2.24) is 0 Å². The third-order valence-corrected chi connectivity index (χ3v) is 2.45. The smallest absolute Gasteiger partial charge is 0.313 e. The maximum Gasteiger partial charge on any atom is 0.313 e. The molecule has 0 amide bonds. The van der Waals surface area contributed by atoms with Crippen LogP contribution in [0.25, 0.3) is 0 Å². The molecule has 0 aliphatic rings. The molecule has 1 rings (SSSR count). The summed E-state index contributed by atoms with van der Waals surface area (Å²) in [5, 5.41) is 18.9. The molecule has 82 valence electrons. The molecule has 0 aromatic heterocycles. The van der Waals surface area contributed by atoms with E-state index >= 15 is 0 Å². The van der Waals surface area contributed by atoms with Crippen molar-refractivity contribution in [3.8, 4) is 0 Å². The maximum atomic E-state index is 11.1. The van der Waals surface area contributed by atoms with E-state index in [1.807, 2.05) is 19.9 Å². The van der Waals surface area contributed by atoms with Crippen LogP contribution in [0.5, 0.6) is 0 Å². The summed E-state index contributed by atoms with van der Waals surface area (Å²) in [6.45, 7) is 3.62. The van der Waals surface area contributed by atoms with Gasteiger partial charge < -0.3 is 10.2 Å². The number of rotatable bonds is 4. The van der Waals surface area contributed by atoms with Crippen LogP contribution in [0.2, 0.25) is 0 Å². The van der Waals surface area contributed by atoms with Crippen molar-refractivity contribution in [3.05, 3.63) is 35.9 Å². The Hall–Kier alpha value is -1.35. The lowest BCUT2D eigenvalue weighted by molar-refractivity contribution is -0.142. The zero-order chi connectivity index (χ0) is 11.4. The highest BCUT2D eigenvalue weighted by Gasteiger charge is 2.29. The van der Waals surface area contributed by atoms with Crippen LogP contribution in [0.3, 0.4) is 0 Å². The molecule has 1 aromatic carbocycles. The average molecular weight is 208 g/mol. The number of aliphatic carboxylic acids is 1. The van der Waals surface area contributed by atoms with Crippen molar-refractivity contribution >= 4 is 5.97 Å². The Labute approximate surface area is 89.4 Å². The number of aliphatic hydroxyl groups is 1. The fourth-order valence-corrected chi connectivity index (χ4v) is 1.53. The van der Waals surface area contributed by atoms with Gasteiger partial charge in [-0.1, -0.05) is 44.2 Å². The van der Waals surface area contributed by atoms with E-state index in [0.717, 1.165) is 0 Å². The summed E-state index contributed by atoms with van der Waals surface area (Å²) in [6, 6.07) is 8.83.